The molecule has 1 atom stereocenters. The molecule has 1 unspecified atom stereocenters. The molecule has 9 heteroatoms. The predicted octanol–water partition coefficient (Wildman–Crippen LogP) is 4.71. The highest BCUT2D eigenvalue weighted by molar-refractivity contribution is 14.1. The molecule has 8 nitrogen and oxygen atoms in total. The molecule has 0 fully saturated rings. The van der Waals surface area contributed by atoms with Crippen LogP contribution >= 0.6 is 22.6 Å². The van der Waals surface area contributed by atoms with Gasteiger partial charge in [0.2, 0.25) is 0 Å². The number of alkyl halides is 1. The van der Waals surface area contributed by atoms with Gasteiger partial charge in [-0.15, -0.1) is 0 Å². The van der Waals surface area contributed by atoms with Crippen LogP contribution in [0, 0.1) is 0 Å². The average Bonchev–Trinajstić information content (AvgIpc) is 3.41. The molecule has 0 spiro atoms. The molecule has 5 rings (SSSR count). The number of carbonyl (C=O) groups excluding carboxylic acids is 2. The third-order valence-electron chi connectivity index (χ3n) is 6.46. The van der Waals surface area contributed by atoms with Gasteiger partial charge in [-0.3, -0.25) is 14.7 Å². The minimum absolute atomic E-state index is 0.191. The van der Waals surface area contributed by atoms with E-state index in [1.54, 1.807) is 24.5 Å². The Morgan fingerprint density at radius 3 is 2.82 bits per heavy atom. The summed E-state index contributed by atoms with van der Waals surface area (Å²) in [7, 11) is 1.93. The Bertz CT molecular complexity index is 1420. The van der Waals surface area contributed by atoms with Crippen molar-refractivity contribution in [3.05, 3.63) is 72.1 Å². The number of halogens is 1. The summed E-state index contributed by atoms with van der Waals surface area (Å²) < 4.78 is 0.459. The summed E-state index contributed by atoms with van der Waals surface area (Å²) in [4.78, 5) is 32.1. The molecule has 0 saturated carbocycles. The second kappa shape index (κ2) is 8.71. The van der Waals surface area contributed by atoms with Crippen LogP contribution in [0.5, 0.6) is 0 Å². The molecule has 0 saturated heterocycles. The first-order valence-corrected chi connectivity index (χ1v) is 12.3. The van der Waals surface area contributed by atoms with E-state index in [1.807, 2.05) is 55.3 Å². The number of rotatable bonds is 6. The number of benzene rings is 2. The monoisotopic (exact) mass is 566 g/mol. The van der Waals surface area contributed by atoms with Crippen molar-refractivity contribution in [3.8, 4) is 0 Å². The normalized spacial score (nSPS) is 17.0. The Hall–Kier alpha value is -3.47. The zero-order chi connectivity index (χ0) is 23.9. The zero-order valence-electron chi connectivity index (χ0n) is 18.7. The average molecular weight is 566 g/mol. The SMILES string of the molecule is CN1c2cc(NC(=O)c3cccnc3Nc3ccc4cn[nH]c4c3)ccc2CC1(C)C(=O)CI. The van der Waals surface area contributed by atoms with E-state index in [2.05, 4.69) is 48.4 Å². The summed E-state index contributed by atoms with van der Waals surface area (Å²) in [5.41, 5.74) is 4.25. The summed E-state index contributed by atoms with van der Waals surface area (Å²) in [6, 6.07) is 15.0. The van der Waals surface area contributed by atoms with Gasteiger partial charge in [-0.2, -0.15) is 5.10 Å². The quantitative estimate of drug-likeness (QED) is 0.231. The van der Waals surface area contributed by atoms with E-state index in [0.717, 1.165) is 27.8 Å². The van der Waals surface area contributed by atoms with Gasteiger partial charge in [-0.25, -0.2) is 4.98 Å². The number of likely N-dealkylation sites (N-methyl/N-ethyl adjacent to an activating group) is 1. The van der Waals surface area contributed by atoms with Crippen molar-refractivity contribution in [1.29, 1.82) is 0 Å². The molecule has 172 valence electrons. The Kier molecular flexibility index (Phi) is 5.72. The fourth-order valence-electron chi connectivity index (χ4n) is 4.33. The molecule has 34 heavy (non-hydrogen) atoms. The number of H-pyrrole nitrogens is 1. The molecule has 0 radical (unpaired) electrons. The first kappa shape index (κ1) is 22.3. The van der Waals surface area contributed by atoms with E-state index < -0.39 is 5.54 Å². The molecule has 2 aromatic carbocycles. The molecule has 1 aliphatic heterocycles. The number of pyridine rings is 1. The number of aromatic amines is 1. The number of nitrogens with zero attached hydrogens (tertiary/aromatic N) is 3. The van der Waals surface area contributed by atoms with Crippen LogP contribution in [-0.2, 0) is 11.2 Å². The molecule has 1 aliphatic rings. The van der Waals surface area contributed by atoms with Crippen LogP contribution in [0.4, 0.5) is 22.9 Å². The van der Waals surface area contributed by atoms with Gasteiger partial charge in [0.15, 0.2) is 5.78 Å². The number of ketones is 1. The topological polar surface area (TPSA) is 103 Å². The largest absolute Gasteiger partial charge is 0.361 e. The van der Waals surface area contributed by atoms with Crippen molar-refractivity contribution in [1.82, 2.24) is 15.2 Å². The first-order chi connectivity index (χ1) is 16.4. The Balaban J connectivity index is 1.37. The second-order valence-corrected chi connectivity index (χ2v) is 9.32. The molecule has 3 heterocycles. The van der Waals surface area contributed by atoms with Crippen LogP contribution in [0.25, 0.3) is 10.9 Å². The van der Waals surface area contributed by atoms with Crippen LogP contribution in [0.3, 0.4) is 0 Å². The summed E-state index contributed by atoms with van der Waals surface area (Å²) in [5.74, 6) is 0.374. The van der Waals surface area contributed by atoms with E-state index in [-0.39, 0.29) is 11.7 Å². The van der Waals surface area contributed by atoms with E-state index in [0.29, 0.717) is 27.9 Å². The molecule has 4 aromatic rings. The number of carbonyl (C=O) groups is 2. The van der Waals surface area contributed by atoms with Crippen molar-refractivity contribution in [2.24, 2.45) is 0 Å². The highest BCUT2D eigenvalue weighted by Gasteiger charge is 2.42. The van der Waals surface area contributed by atoms with E-state index >= 15 is 0 Å². The van der Waals surface area contributed by atoms with Crippen LogP contribution < -0.4 is 15.5 Å². The number of nitrogens with one attached hydrogen (secondary N) is 3. The minimum atomic E-state index is -0.567. The lowest BCUT2D eigenvalue weighted by molar-refractivity contribution is -0.120. The lowest BCUT2D eigenvalue weighted by Crippen LogP contribution is -2.49. The molecule has 0 aliphatic carbocycles. The van der Waals surface area contributed by atoms with Gasteiger partial charge in [0, 0.05) is 42.1 Å². The van der Waals surface area contributed by atoms with Gasteiger partial charge >= 0.3 is 0 Å². The molecule has 1 amide bonds. The Morgan fingerprint density at radius 1 is 1.18 bits per heavy atom. The maximum atomic E-state index is 13.2. The van der Waals surface area contributed by atoms with Crippen molar-refractivity contribution < 1.29 is 9.59 Å². The number of amides is 1. The van der Waals surface area contributed by atoms with Crippen molar-refractivity contribution in [2.75, 3.05) is 27.0 Å². The summed E-state index contributed by atoms with van der Waals surface area (Å²) in [5, 5.41) is 14.2. The van der Waals surface area contributed by atoms with Gasteiger partial charge in [0.1, 0.15) is 11.4 Å². The lowest BCUT2D eigenvalue weighted by Gasteiger charge is -2.32. The Morgan fingerprint density at radius 2 is 2.00 bits per heavy atom. The van der Waals surface area contributed by atoms with E-state index in [1.165, 1.54) is 0 Å². The lowest BCUT2D eigenvalue weighted by atomic mass is 9.93. The van der Waals surface area contributed by atoms with Gasteiger partial charge in [0.05, 0.1) is 21.7 Å². The van der Waals surface area contributed by atoms with Crippen molar-refractivity contribution in [3.63, 3.8) is 0 Å². The van der Waals surface area contributed by atoms with Crippen molar-refractivity contribution >= 4 is 68.1 Å². The summed E-state index contributed by atoms with van der Waals surface area (Å²) >= 11 is 2.12. The number of fused-ring (bicyclic) bond motifs is 2. The van der Waals surface area contributed by atoms with Crippen molar-refractivity contribution in [2.45, 2.75) is 18.9 Å². The highest BCUT2D eigenvalue weighted by atomic mass is 127. The zero-order valence-corrected chi connectivity index (χ0v) is 20.9. The summed E-state index contributed by atoms with van der Waals surface area (Å²) in [6.45, 7) is 1.97. The van der Waals surface area contributed by atoms with Crippen LogP contribution in [0.15, 0.2) is 60.9 Å². The smallest absolute Gasteiger partial charge is 0.259 e. The third kappa shape index (κ3) is 3.89. The van der Waals surface area contributed by atoms with Crippen LogP contribution in [0.1, 0.15) is 22.8 Å². The van der Waals surface area contributed by atoms with E-state index in [9.17, 15) is 9.59 Å². The number of hydrogen-bond donors (Lipinski definition) is 3. The molecule has 0 bridgehead atoms. The van der Waals surface area contributed by atoms with Crippen LogP contribution in [-0.4, -0.2) is 43.9 Å². The standard InChI is InChI=1S/C25H23IN6O2/c1-25(22(33)13-26)12-15-5-7-18(11-21(15)32(25)2)30-24(34)19-4-3-9-27-23(19)29-17-8-6-16-14-28-31-20(16)10-17/h3-11,14H,12-13H2,1-2H3,(H,27,29)(H,28,31)(H,30,34). The number of hydrogen-bond acceptors (Lipinski definition) is 6. The van der Waals surface area contributed by atoms with Gasteiger partial charge in [0.25, 0.3) is 5.91 Å². The van der Waals surface area contributed by atoms with E-state index in [4.69, 9.17) is 0 Å². The fourth-order valence-corrected chi connectivity index (χ4v) is 5.15. The third-order valence-corrected chi connectivity index (χ3v) is 7.15. The number of aromatic nitrogens is 3. The molecule has 3 N–H and O–H groups in total. The first-order valence-electron chi connectivity index (χ1n) is 10.8. The molecular weight excluding hydrogens is 543 g/mol. The fraction of sp³-hybridized carbons (Fsp3) is 0.200. The Labute approximate surface area is 210 Å². The maximum Gasteiger partial charge on any atom is 0.259 e. The number of anilines is 4. The predicted molar refractivity (Wildman–Crippen MR) is 142 cm³/mol. The van der Waals surface area contributed by atoms with Gasteiger partial charge in [-0.1, -0.05) is 28.7 Å². The van der Waals surface area contributed by atoms with Gasteiger partial charge < -0.3 is 15.5 Å². The summed E-state index contributed by atoms with van der Waals surface area (Å²) in [6.07, 6.45) is 4.06. The maximum absolute atomic E-state index is 13.2. The minimum Gasteiger partial charge on any atom is -0.361 e. The highest BCUT2D eigenvalue weighted by Crippen LogP contribution is 2.40. The molecule has 2 aromatic heterocycles. The molecular formula is C25H23IN6O2. The number of Topliss-reactive ketones (excluding diaryl/α,β-unsaturated/α-hetero) is 1. The van der Waals surface area contributed by atoms with Crippen LogP contribution in [0.2, 0.25) is 0 Å². The van der Waals surface area contributed by atoms with Gasteiger partial charge in [-0.05, 0) is 55.0 Å². The second-order valence-electron chi connectivity index (χ2n) is 8.56.